The number of ether oxygens (including phenoxy) is 2. The molecule has 1 aliphatic rings. The van der Waals surface area contributed by atoms with E-state index >= 15 is 0 Å². The average Bonchev–Trinajstić information content (AvgIpc) is 2.55. The molecule has 0 aliphatic carbocycles. The number of benzene rings is 1. The predicted molar refractivity (Wildman–Crippen MR) is 84.1 cm³/mol. The number of amides is 1. The third kappa shape index (κ3) is 4.35. The molecule has 0 aromatic heterocycles. The largest absolute Gasteiger partial charge is 0.455 e. The number of carbonyl (C=O) groups is 1. The van der Waals surface area contributed by atoms with E-state index in [4.69, 9.17) is 21.1 Å². The summed E-state index contributed by atoms with van der Waals surface area (Å²) in [6.45, 7) is 0.548. The Labute approximate surface area is 147 Å². The highest BCUT2D eigenvalue weighted by molar-refractivity contribution is 6.30. The SMILES string of the molecule is CC(=O)N[C@H]1[C@H](Oc2ccc(Cl)cc2[N+](=O)[O-])O[C@H](CO)[C@@H](O)[C@@H]1O. The molecule has 1 heterocycles. The lowest BCUT2D eigenvalue weighted by molar-refractivity contribution is -0.386. The molecule has 0 spiro atoms. The molecule has 25 heavy (non-hydrogen) atoms. The van der Waals surface area contributed by atoms with Crippen LogP contribution in [0.15, 0.2) is 18.2 Å². The fraction of sp³-hybridized carbons (Fsp3) is 0.500. The van der Waals surface area contributed by atoms with Crippen molar-refractivity contribution in [2.24, 2.45) is 0 Å². The zero-order valence-corrected chi connectivity index (χ0v) is 13.8. The Morgan fingerprint density at radius 1 is 1.44 bits per heavy atom. The second-order valence-corrected chi connectivity index (χ2v) is 5.86. The van der Waals surface area contributed by atoms with E-state index in [1.165, 1.54) is 19.1 Å². The summed E-state index contributed by atoms with van der Waals surface area (Å²) in [6, 6.07) is 2.45. The topological polar surface area (TPSA) is 151 Å². The van der Waals surface area contributed by atoms with Crippen molar-refractivity contribution in [1.29, 1.82) is 0 Å². The summed E-state index contributed by atoms with van der Waals surface area (Å²) in [7, 11) is 0. The second-order valence-electron chi connectivity index (χ2n) is 5.42. The maximum absolute atomic E-state index is 11.3. The van der Waals surface area contributed by atoms with Gasteiger partial charge in [0.15, 0.2) is 5.75 Å². The quantitative estimate of drug-likeness (QED) is 0.399. The molecule has 1 aromatic rings. The smallest absolute Gasteiger partial charge is 0.312 e. The van der Waals surface area contributed by atoms with Crippen molar-refractivity contribution in [3.63, 3.8) is 0 Å². The third-order valence-corrected chi connectivity index (χ3v) is 3.85. The van der Waals surface area contributed by atoms with Crippen LogP contribution in [0.2, 0.25) is 5.02 Å². The number of nitrogens with zero attached hydrogens (tertiary/aromatic N) is 1. The van der Waals surface area contributed by atoms with E-state index in [2.05, 4.69) is 5.32 Å². The molecule has 138 valence electrons. The van der Waals surface area contributed by atoms with Crippen LogP contribution in [-0.4, -0.2) is 63.4 Å². The van der Waals surface area contributed by atoms with E-state index in [1.807, 2.05) is 0 Å². The lowest BCUT2D eigenvalue weighted by Gasteiger charge is -2.41. The first-order chi connectivity index (χ1) is 11.7. The zero-order valence-electron chi connectivity index (χ0n) is 13.0. The van der Waals surface area contributed by atoms with Gasteiger partial charge in [-0.1, -0.05) is 11.6 Å². The van der Waals surface area contributed by atoms with Gasteiger partial charge < -0.3 is 30.1 Å². The number of hydrogen-bond acceptors (Lipinski definition) is 8. The molecule has 0 saturated carbocycles. The van der Waals surface area contributed by atoms with Crippen LogP contribution in [0.5, 0.6) is 5.75 Å². The number of aliphatic hydroxyl groups excluding tert-OH is 3. The first-order valence-electron chi connectivity index (χ1n) is 7.24. The highest BCUT2D eigenvalue weighted by atomic mass is 35.5. The van der Waals surface area contributed by atoms with Gasteiger partial charge >= 0.3 is 5.69 Å². The Morgan fingerprint density at radius 3 is 2.68 bits per heavy atom. The molecule has 11 heteroatoms. The summed E-state index contributed by atoms with van der Waals surface area (Å²) in [4.78, 5) is 21.8. The first kappa shape index (κ1) is 19.3. The van der Waals surface area contributed by atoms with E-state index in [0.717, 1.165) is 6.07 Å². The van der Waals surface area contributed by atoms with Gasteiger partial charge in [-0.15, -0.1) is 0 Å². The molecule has 0 bridgehead atoms. The van der Waals surface area contributed by atoms with Gasteiger partial charge in [0.25, 0.3) is 0 Å². The van der Waals surface area contributed by atoms with Crippen molar-refractivity contribution in [3.8, 4) is 5.75 Å². The van der Waals surface area contributed by atoms with E-state index in [1.54, 1.807) is 0 Å². The van der Waals surface area contributed by atoms with Crippen molar-refractivity contribution in [2.75, 3.05) is 6.61 Å². The van der Waals surface area contributed by atoms with Crippen LogP contribution in [0.25, 0.3) is 0 Å². The molecule has 1 amide bonds. The number of carbonyl (C=O) groups excluding carboxylic acids is 1. The Hall–Kier alpha value is -1.98. The van der Waals surface area contributed by atoms with Gasteiger partial charge in [-0.25, -0.2) is 0 Å². The lowest BCUT2D eigenvalue weighted by atomic mass is 9.97. The van der Waals surface area contributed by atoms with Gasteiger partial charge in [0.05, 0.1) is 11.5 Å². The van der Waals surface area contributed by atoms with Crippen molar-refractivity contribution in [1.82, 2.24) is 5.32 Å². The van der Waals surface area contributed by atoms with E-state index < -0.39 is 53.8 Å². The van der Waals surface area contributed by atoms with E-state index in [9.17, 15) is 30.2 Å². The number of aliphatic hydroxyl groups is 3. The monoisotopic (exact) mass is 376 g/mol. The van der Waals surface area contributed by atoms with Crippen LogP contribution in [0.3, 0.4) is 0 Å². The van der Waals surface area contributed by atoms with Crippen LogP contribution >= 0.6 is 11.6 Å². The summed E-state index contributed by atoms with van der Waals surface area (Å²) in [5, 5.41) is 42.9. The molecule has 0 unspecified atom stereocenters. The van der Waals surface area contributed by atoms with Crippen molar-refractivity contribution in [2.45, 2.75) is 37.6 Å². The lowest BCUT2D eigenvalue weighted by Crippen LogP contribution is -2.65. The van der Waals surface area contributed by atoms with Crippen LogP contribution in [0.1, 0.15) is 6.92 Å². The molecule has 1 fully saturated rings. The fourth-order valence-electron chi connectivity index (χ4n) is 2.43. The minimum atomic E-state index is -1.52. The standard InChI is InChI=1S/C14H17ClN2O8/c1-6(19)16-11-13(21)12(20)10(5-18)25-14(11)24-9-3-2-7(15)4-8(9)17(22)23/h2-4,10-14,18,20-21H,5H2,1H3,(H,16,19)/t10-,11-,12-,13-,14-/m1/s1. The molecule has 5 atom stereocenters. The number of hydrogen-bond donors (Lipinski definition) is 4. The van der Waals surface area contributed by atoms with Gasteiger partial charge in [0.2, 0.25) is 12.2 Å². The molecule has 4 N–H and O–H groups in total. The first-order valence-corrected chi connectivity index (χ1v) is 7.62. The maximum Gasteiger partial charge on any atom is 0.312 e. The van der Waals surface area contributed by atoms with Crippen molar-refractivity contribution in [3.05, 3.63) is 33.3 Å². The third-order valence-electron chi connectivity index (χ3n) is 3.61. The van der Waals surface area contributed by atoms with Crippen LogP contribution in [0, 0.1) is 10.1 Å². The summed E-state index contributed by atoms with van der Waals surface area (Å²) in [5.41, 5.74) is -0.446. The molecule has 1 aromatic carbocycles. The minimum absolute atomic E-state index is 0.116. The number of nitrogens with one attached hydrogen (secondary N) is 1. The van der Waals surface area contributed by atoms with E-state index in [-0.39, 0.29) is 10.8 Å². The number of nitro benzene ring substituents is 1. The normalized spacial score (nSPS) is 29.1. The fourth-order valence-corrected chi connectivity index (χ4v) is 2.60. The summed E-state index contributed by atoms with van der Waals surface area (Å²) >= 11 is 5.73. The Bertz CT molecular complexity index is 658. The summed E-state index contributed by atoms with van der Waals surface area (Å²) in [6.07, 6.45) is -5.59. The van der Waals surface area contributed by atoms with Crippen LogP contribution in [-0.2, 0) is 9.53 Å². The molecule has 10 nitrogen and oxygen atoms in total. The highest BCUT2D eigenvalue weighted by Gasteiger charge is 2.46. The van der Waals surface area contributed by atoms with Crippen LogP contribution in [0.4, 0.5) is 5.69 Å². The predicted octanol–water partition coefficient (Wildman–Crippen LogP) is -0.429. The molecule has 1 aliphatic heterocycles. The number of halogens is 1. The Kier molecular flexibility index (Phi) is 6.14. The van der Waals surface area contributed by atoms with Gasteiger partial charge in [0, 0.05) is 18.0 Å². The van der Waals surface area contributed by atoms with Crippen molar-refractivity contribution >= 4 is 23.2 Å². The van der Waals surface area contributed by atoms with Gasteiger partial charge in [0.1, 0.15) is 24.4 Å². The minimum Gasteiger partial charge on any atom is -0.455 e. The highest BCUT2D eigenvalue weighted by Crippen LogP contribution is 2.33. The van der Waals surface area contributed by atoms with Gasteiger partial charge in [-0.2, -0.15) is 0 Å². The van der Waals surface area contributed by atoms with Crippen molar-refractivity contribution < 1.29 is 34.5 Å². The Morgan fingerprint density at radius 2 is 2.12 bits per heavy atom. The number of rotatable bonds is 5. The summed E-state index contributed by atoms with van der Waals surface area (Å²) in [5.74, 6) is -0.753. The summed E-state index contributed by atoms with van der Waals surface area (Å²) < 4.78 is 10.8. The molecular formula is C14H17ClN2O8. The van der Waals surface area contributed by atoms with Gasteiger partial charge in [-0.3, -0.25) is 14.9 Å². The van der Waals surface area contributed by atoms with E-state index in [0.29, 0.717) is 0 Å². The Balaban J connectivity index is 2.33. The zero-order chi connectivity index (χ0) is 18.7. The van der Waals surface area contributed by atoms with Crippen LogP contribution < -0.4 is 10.1 Å². The average molecular weight is 377 g/mol. The molecule has 2 rings (SSSR count). The second kappa shape index (κ2) is 7.93. The maximum atomic E-state index is 11.3. The molecule has 0 radical (unpaired) electrons. The molecule has 1 saturated heterocycles. The molecular weight excluding hydrogens is 360 g/mol. The number of nitro groups is 1. The van der Waals surface area contributed by atoms with Gasteiger partial charge in [-0.05, 0) is 12.1 Å².